The Morgan fingerprint density at radius 1 is 1.24 bits per heavy atom. The van der Waals surface area contributed by atoms with E-state index in [9.17, 15) is 10.1 Å². The van der Waals surface area contributed by atoms with E-state index < -0.39 is 6.04 Å². The summed E-state index contributed by atoms with van der Waals surface area (Å²) in [5, 5.41) is 12.9. The fraction of sp³-hybridized carbons (Fsp3) is 0.263. The molecule has 4 nitrogen and oxygen atoms in total. The molecule has 0 spiro atoms. The van der Waals surface area contributed by atoms with Crippen LogP contribution in [0.3, 0.4) is 0 Å². The summed E-state index contributed by atoms with van der Waals surface area (Å²) in [5.74, 6) is -0.261. The molecule has 2 aromatic carbocycles. The Hall–Kier alpha value is -1.66. The summed E-state index contributed by atoms with van der Waals surface area (Å²) < 4.78 is 1.95. The number of H-pyrrole nitrogens is 1. The summed E-state index contributed by atoms with van der Waals surface area (Å²) in [6, 6.07) is 9.54. The van der Waals surface area contributed by atoms with Gasteiger partial charge < -0.3 is 4.98 Å². The molecule has 6 heteroatoms. The number of benzene rings is 2. The van der Waals surface area contributed by atoms with E-state index in [1.807, 2.05) is 30.5 Å². The molecular weight excluding hydrogens is 448 g/mol. The van der Waals surface area contributed by atoms with Gasteiger partial charge >= 0.3 is 0 Å². The van der Waals surface area contributed by atoms with Gasteiger partial charge in [0.2, 0.25) is 6.04 Å². The van der Waals surface area contributed by atoms with Crippen molar-refractivity contribution >= 4 is 42.8 Å². The first-order chi connectivity index (χ1) is 12.0. The number of fused-ring (bicyclic) bond motifs is 2. The fourth-order valence-electron chi connectivity index (χ4n) is 4.02. The second kappa shape index (κ2) is 6.25. The van der Waals surface area contributed by atoms with Gasteiger partial charge in [0.05, 0.1) is 5.92 Å². The quantitative estimate of drug-likeness (QED) is 0.390. The van der Waals surface area contributed by atoms with Gasteiger partial charge in [-0.05, 0) is 47.7 Å². The maximum atomic E-state index is 11.8. The Bertz CT molecular complexity index is 996. The van der Waals surface area contributed by atoms with E-state index in [-0.39, 0.29) is 10.8 Å². The summed E-state index contributed by atoms with van der Waals surface area (Å²) >= 11 is 7.18. The summed E-state index contributed by atoms with van der Waals surface area (Å²) in [6.07, 6.45) is 3.21. The van der Waals surface area contributed by atoms with Crippen LogP contribution in [0.25, 0.3) is 10.9 Å². The first-order valence-corrected chi connectivity index (χ1v) is 9.74. The fourth-order valence-corrected chi connectivity index (χ4v) is 5.47. The SMILES string of the molecule is Cc1cccc2c([C@H]3c4cc(Br)cc(Br)c4CC[C@@H]3[N+](=O)[O-])c[nH]c12. The molecule has 1 aliphatic rings. The van der Waals surface area contributed by atoms with Crippen LogP contribution in [0.15, 0.2) is 45.5 Å². The number of nitro groups is 1. The van der Waals surface area contributed by atoms with Crippen LogP contribution in [-0.2, 0) is 6.42 Å². The molecule has 0 bridgehead atoms. The van der Waals surface area contributed by atoms with Crippen molar-refractivity contribution in [2.75, 3.05) is 0 Å². The highest BCUT2D eigenvalue weighted by Crippen LogP contribution is 2.44. The van der Waals surface area contributed by atoms with E-state index in [4.69, 9.17) is 0 Å². The molecule has 3 aromatic rings. The van der Waals surface area contributed by atoms with E-state index in [1.54, 1.807) is 0 Å². The second-order valence-electron chi connectivity index (χ2n) is 6.57. The standard InChI is InChI=1S/C19H16Br2N2O2/c1-10-3-2-4-13-15(9-22-19(10)13)18-14-7-11(20)8-16(21)12(14)5-6-17(18)23(24)25/h2-4,7-9,17-18,22H,5-6H2,1H3/t17-,18+/m0/s1. The molecule has 25 heavy (non-hydrogen) atoms. The zero-order valence-electron chi connectivity index (χ0n) is 13.6. The van der Waals surface area contributed by atoms with Gasteiger partial charge in [0, 0.05) is 37.4 Å². The van der Waals surface area contributed by atoms with Gasteiger partial charge in [-0.1, -0.05) is 50.1 Å². The highest BCUT2D eigenvalue weighted by Gasteiger charge is 2.40. The first-order valence-electron chi connectivity index (χ1n) is 8.15. The molecule has 0 aliphatic heterocycles. The largest absolute Gasteiger partial charge is 0.361 e. The van der Waals surface area contributed by atoms with E-state index >= 15 is 0 Å². The van der Waals surface area contributed by atoms with E-state index in [1.165, 1.54) is 5.56 Å². The Morgan fingerprint density at radius 2 is 2.04 bits per heavy atom. The zero-order valence-corrected chi connectivity index (χ0v) is 16.7. The Labute approximate surface area is 162 Å². The second-order valence-corrected chi connectivity index (χ2v) is 8.34. The molecule has 0 unspecified atom stereocenters. The van der Waals surface area contributed by atoms with Crippen molar-refractivity contribution < 1.29 is 4.92 Å². The molecule has 1 aliphatic carbocycles. The van der Waals surface area contributed by atoms with Gasteiger partial charge in [-0.25, -0.2) is 0 Å². The summed E-state index contributed by atoms with van der Waals surface area (Å²) in [6.45, 7) is 2.05. The molecule has 0 radical (unpaired) electrons. The number of aromatic amines is 1. The molecule has 0 saturated carbocycles. The molecule has 1 heterocycles. The number of nitrogens with one attached hydrogen (secondary N) is 1. The minimum atomic E-state index is -0.617. The molecule has 4 rings (SSSR count). The number of rotatable bonds is 2. The molecule has 0 amide bonds. The molecule has 128 valence electrons. The van der Waals surface area contributed by atoms with Crippen molar-refractivity contribution in [2.24, 2.45) is 0 Å². The van der Waals surface area contributed by atoms with Crippen molar-refractivity contribution in [3.63, 3.8) is 0 Å². The Morgan fingerprint density at radius 3 is 2.80 bits per heavy atom. The topological polar surface area (TPSA) is 58.9 Å². The van der Waals surface area contributed by atoms with Gasteiger partial charge in [-0.15, -0.1) is 0 Å². The average molecular weight is 464 g/mol. The molecule has 0 saturated heterocycles. The van der Waals surface area contributed by atoms with Crippen molar-refractivity contribution in [1.29, 1.82) is 0 Å². The maximum Gasteiger partial charge on any atom is 0.224 e. The number of halogens is 2. The number of hydrogen-bond donors (Lipinski definition) is 1. The molecule has 2 atom stereocenters. The lowest BCUT2D eigenvalue weighted by Crippen LogP contribution is -2.33. The monoisotopic (exact) mass is 462 g/mol. The normalized spacial score (nSPS) is 19.8. The minimum absolute atomic E-state index is 0.114. The molecular formula is C19H16Br2N2O2. The summed E-state index contributed by atoms with van der Waals surface area (Å²) in [4.78, 5) is 15.0. The lowest BCUT2D eigenvalue weighted by molar-refractivity contribution is -0.526. The van der Waals surface area contributed by atoms with Crippen LogP contribution >= 0.6 is 31.9 Å². The predicted molar refractivity (Wildman–Crippen MR) is 106 cm³/mol. The number of para-hydroxylation sites is 1. The number of nitrogens with zero attached hydrogens (tertiary/aromatic N) is 1. The van der Waals surface area contributed by atoms with Crippen LogP contribution in [-0.4, -0.2) is 15.9 Å². The third kappa shape index (κ3) is 2.72. The van der Waals surface area contributed by atoms with E-state index in [2.05, 4.69) is 49.8 Å². The number of aromatic nitrogens is 1. The van der Waals surface area contributed by atoms with Crippen LogP contribution in [0.5, 0.6) is 0 Å². The highest BCUT2D eigenvalue weighted by atomic mass is 79.9. The highest BCUT2D eigenvalue weighted by molar-refractivity contribution is 9.11. The summed E-state index contributed by atoms with van der Waals surface area (Å²) in [7, 11) is 0. The van der Waals surface area contributed by atoms with Crippen molar-refractivity contribution in [1.82, 2.24) is 4.98 Å². The van der Waals surface area contributed by atoms with E-state index in [0.717, 1.165) is 36.5 Å². The molecule has 1 N–H and O–H groups in total. The van der Waals surface area contributed by atoms with Gasteiger partial charge in [-0.3, -0.25) is 10.1 Å². The van der Waals surface area contributed by atoms with Crippen molar-refractivity contribution in [2.45, 2.75) is 31.7 Å². The lowest BCUT2D eigenvalue weighted by Gasteiger charge is -2.29. The number of hydrogen-bond acceptors (Lipinski definition) is 2. The lowest BCUT2D eigenvalue weighted by atomic mass is 9.75. The Kier molecular flexibility index (Phi) is 4.20. The van der Waals surface area contributed by atoms with Gasteiger partial charge in [0.15, 0.2) is 0 Å². The first kappa shape index (κ1) is 16.8. The third-order valence-electron chi connectivity index (χ3n) is 5.17. The van der Waals surface area contributed by atoms with Gasteiger partial charge in [-0.2, -0.15) is 0 Å². The third-order valence-corrected chi connectivity index (χ3v) is 6.33. The number of aryl methyl sites for hydroxylation is 1. The molecule has 1 aromatic heterocycles. The van der Waals surface area contributed by atoms with Gasteiger partial charge in [0.1, 0.15) is 0 Å². The minimum Gasteiger partial charge on any atom is -0.361 e. The van der Waals surface area contributed by atoms with E-state index in [0.29, 0.717) is 12.8 Å². The van der Waals surface area contributed by atoms with Crippen molar-refractivity contribution in [3.05, 3.63) is 77.8 Å². The van der Waals surface area contributed by atoms with Crippen LogP contribution < -0.4 is 0 Å². The van der Waals surface area contributed by atoms with Crippen LogP contribution in [0, 0.1) is 17.0 Å². The predicted octanol–water partition coefficient (Wildman–Crippen LogP) is 5.72. The van der Waals surface area contributed by atoms with Crippen molar-refractivity contribution in [3.8, 4) is 0 Å². The van der Waals surface area contributed by atoms with Crippen LogP contribution in [0.4, 0.5) is 0 Å². The maximum absolute atomic E-state index is 11.8. The zero-order chi connectivity index (χ0) is 17.7. The van der Waals surface area contributed by atoms with Gasteiger partial charge in [0.25, 0.3) is 0 Å². The summed E-state index contributed by atoms with van der Waals surface area (Å²) in [5.41, 5.74) is 5.42. The average Bonchev–Trinajstić information content (AvgIpc) is 2.98. The van der Waals surface area contributed by atoms with Crippen LogP contribution in [0.2, 0.25) is 0 Å². The smallest absolute Gasteiger partial charge is 0.224 e. The Balaban J connectivity index is 1.99. The van der Waals surface area contributed by atoms with Crippen LogP contribution in [0.1, 0.15) is 34.6 Å². The molecule has 0 fully saturated rings.